The summed E-state index contributed by atoms with van der Waals surface area (Å²) in [6, 6.07) is 0. The Hall–Kier alpha value is -0.830. The molecule has 10 heavy (non-hydrogen) atoms. The molecule has 0 aliphatic carbocycles. The van der Waals surface area contributed by atoms with Crippen molar-refractivity contribution in [2.45, 2.75) is 19.8 Å². The zero-order valence-electron chi connectivity index (χ0n) is 6.34. The minimum Gasteiger partial charge on any atom is -0.481 e. The molecule has 0 atom stereocenters. The highest BCUT2D eigenvalue weighted by atomic mass is 16.4. The van der Waals surface area contributed by atoms with Crippen molar-refractivity contribution < 1.29 is 9.90 Å². The minimum absolute atomic E-state index is 0.292. The molecular weight excluding hydrogens is 130 g/mol. The Balaban J connectivity index is 0. The van der Waals surface area contributed by atoms with Crippen molar-refractivity contribution in [1.29, 1.82) is 0 Å². The van der Waals surface area contributed by atoms with Gasteiger partial charge in [-0.2, -0.15) is 0 Å². The van der Waals surface area contributed by atoms with E-state index in [1.165, 1.54) is 0 Å². The minimum atomic E-state index is -0.711. The predicted octanol–water partition coefficient (Wildman–Crippen LogP) is 1.00. The molecule has 0 aromatic heterocycles. The molecule has 3 N–H and O–H groups in total. The Morgan fingerprint density at radius 2 is 2.20 bits per heavy atom. The Labute approximate surface area is 61.5 Å². The van der Waals surface area contributed by atoms with Gasteiger partial charge in [-0.25, -0.2) is 0 Å². The van der Waals surface area contributed by atoms with Gasteiger partial charge in [0.05, 0.1) is 0 Å². The molecule has 0 amide bonds. The maximum atomic E-state index is 9.60. The van der Waals surface area contributed by atoms with E-state index in [-0.39, 0.29) is 0 Å². The normalized spacial score (nSPS) is 7.40. The number of nitrogens with two attached hydrogens (primary N) is 1. The van der Waals surface area contributed by atoms with E-state index in [1.54, 1.807) is 6.08 Å². The van der Waals surface area contributed by atoms with Crippen molar-refractivity contribution in [3.8, 4) is 0 Å². The first-order valence-electron chi connectivity index (χ1n) is 3.21. The molecule has 0 aliphatic rings. The highest BCUT2D eigenvalue weighted by molar-refractivity contribution is 5.66. The Kier molecular flexibility index (Phi) is 13.1. The van der Waals surface area contributed by atoms with Crippen LogP contribution in [-0.4, -0.2) is 17.6 Å². The van der Waals surface area contributed by atoms with E-state index in [0.717, 1.165) is 6.42 Å². The molecule has 0 fully saturated rings. The van der Waals surface area contributed by atoms with Crippen LogP contribution in [0.4, 0.5) is 0 Å². The van der Waals surface area contributed by atoms with Gasteiger partial charge in [0, 0.05) is 13.0 Å². The topological polar surface area (TPSA) is 63.3 Å². The van der Waals surface area contributed by atoms with Crippen molar-refractivity contribution in [1.82, 2.24) is 0 Å². The molecule has 0 aromatic rings. The summed E-state index contributed by atoms with van der Waals surface area (Å²) in [7, 11) is 0. The van der Waals surface area contributed by atoms with E-state index in [1.807, 2.05) is 6.92 Å². The third kappa shape index (κ3) is 27.2. The molecule has 0 rings (SSSR count). The molecule has 0 saturated heterocycles. The van der Waals surface area contributed by atoms with Crippen molar-refractivity contribution in [3.05, 3.63) is 12.7 Å². The van der Waals surface area contributed by atoms with Gasteiger partial charge in [-0.3, -0.25) is 4.79 Å². The molecular formula is C7H15NO2. The fourth-order valence-corrected chi connectivity index (χ4v) is 0.214. The number of carboxylic acid groups (broad SMARTS) is 1. The van der Waals surface area contributed by atoms with Gasteiger partial charge >= 0.3 is 5.97 Å². The van der Waals surface area contributed by atoms with Crippen LogP contribution in [0, 0.1) is 0 Å². The second-order valence-corrected chi connectivity index (χ2v) is 1.67. The van der Waals surface area contributed by atoms with E-state index < -0.39 is 5.97 Å². The fraction of sp³-hybridized carbons (Fsp3) is 0.571. The highest BCUT2D eigenvalue weighted by Crippen LogP contribution is 1.82. The SMILES string of the molecule is C=CCN.CCCC(=O)O. The summed E-state index contributed by atoms with van der Waals surface area (Å²) in [6.45, 7) is 5.78. The summed E-state index contributed by atoms with van der Waals surface area (Å²) in [6.07, 6.45) is 2.68. The fourth-order valence-electron chi connectivity index (χ4n) is 0.214. The Morgan fingerprint density at radius 1 is 1.80 bits per heavy atom. The lowest BCUT2D eigenvalue weighted by Crippen LogP contribution is -1.90. The molecule has 0 saturated carbocycles. The summed E-state index contributed by atoms with van der Waals surface area (Å²) in [4.78, 5) is 9.60. The lowest BCUT2D eigenvalue weighted by molar-refractivity contribution is -0.137. The number of carbonyl (C=O) groups is 1. The number of hydrogen-bond donors (Lipinski definition) is 2. The summed E-state index contributed by atoms with van der Waals surface area (Å²) >= 11 is 0. The van der Waals surface area contributed by atoms with Gasteiger partial charge in [-0.1, -0.05) is 13.0 Å². The lowest BCUT2D eigenvalue weighted by atomic mass is 10.4. The maximum absolute atomic E-state index is 9.60. The van der Waals surface area contributed by atoms with Gasteiger partial charge in [0.15, 0.2) is 0 Å². The number of carboxylic acids is 1. The highest BCUT2D eigenvalue weighted by Gasteiger charge is 1.87. The summed E-state index contributed by atoms with van der Waals surface area (Å²) in [5.74, 6) is -0.711. The average Bonchev–Trinajstić information content (AvgIpc) is 1.89. The first-order valence-corrected chi connectivity index (χ1v) is 3.21. The van der Waals surface area contributed by atoms with E-state index in [0.29, 0.717) is 13.0 Å². The van der Waals surface area contributed by atoms with E-state index in [9.17, 15) is 4.79 Å². The van der Waals surface area contributed by atoms with Crippen LogP contribution in [0.5, 0.6) is 0 Å². The Bertz CT molecular complexity index is 91.6. The number of hydrogen-bond acceptors (Lipinski definition) is 2. The molecule has 0 spiro atoms. The first-order chi connectivity index (χ1) is 4.68. The van der Waals surface area contributed by atoms with Crippen LogP contribution in [0.3, 0.4) is 0 Å². The maximum Gasteiger partial charge on any atom is 0.303 e. The predicted molar refractivity (Wildman–Crippen MR) is 41.8 cm³/mol. The lowest BCUT2D eigenvalue weighted by Gasteiger charge is -1.79. The van der Waals surface area contributed by atoms with Crippen LogP contribution in [0.15, 0.2) is 12.7 Å². The molecule has 3 nitrogen and oxygen atoms in total. The largest absolute Gasteiger partial charge is 0.481 e. The molecule has 60 valence electrons. The number of aliphatic carboxylic acids is 1. The van der Waals surface area contributed by atoms with Crippen LogP contribution in [0.1, 0.15) is 19.8 Å². The van der Waals surface area contributed by atoms with Crippen LogP contribution in [0.25, 0.3) is 0 Å². The van der Waals surface area contributed by atoms with Gasteiger partial charge in [0.25, 0.3) is 0 Å². The van der Waals surface area contributed by atoms with Crippen LogP contribution < -0.4 is 5.73 Å². The second kappa shape index (κ2) is 11.0. The van der Waals surface area contributed by atoms with E-state index in [4.69, 9.17) is 10.8 Å². The van der Waals surface area contributed by atoms with Crippen molar-refractivity contribution in [2.24, 2.45) is 5.73 Å². The zero-order chi connectivity index (χ0) is 8.41. The third-order valence-electron chi connectivity index (χ3n) is 0.631. The average molecular weight is 145 g/mol. The molecule has 0 radical (unpaired) electrons. The van der Waals surface area contributed by atoms with Gasteiger partial charge in [-0.15, -0.1) is 6.58 Å². The van der Waals surface area contributed by atoms with E-state index in [2.05, 4.69) is 6.58 Å². The van der Waals surface area contributed by atoms with Crippen LogP contribution >= 0.6 is 0 Å². The van der Waals surface area contributed by atoms with Gasteiger partial charge in [0.1, 0.15) is 0 Å². The third-order valence-corrected chi connectivity index (χ3v) is 0.631. The smallest absolute Gasteiger partial charge is 0.303 e. The van der Waals surface area contributed by atoms with Crippen molar-refractivity contribution >= 4 is 5.97 Å². The van der Waals surface area contributed by atoms with Gasteiger partial charge in [0.2, 0.25) is 0 Å². The molecule has 0 aromatic carbocycles. The molecule has 3 heteroatoms. The van der Waals surface area contributed by atoms with Gasteiger partial charge < -0.3 is 10.8 Å². The summed E-state index contributed by atoms with van der Waals surface area (Å²) < 4.78 is 0. The van der Waals surface area contributed by atoms with Crippen molar-refractivity contribution in [3.63, 3.8) is 0 Å². The summed E-state index contributed by atoms with van der Waals surface area (Å²) in [5, 5.41) is 7.91. The quantitative estimate of drug-likeness (QED) is 0.582. The summed E-state index contributed by atoms with van der Waals surface area (Å²) in [5.41, 5.74) is 4.91. The molecule has 0 bridgehead atoms. The molecule has 0 aliphatic heterocycles. The van der Waals surface area contributed by atoms with Crippen LogP contribution in [-0.2, 0) is 4.79 Å². The second-order valence-electron chi connectivity index (χ2n) is 1.67. The zero-order valence-corrected chi connectivity index (χ0v) is 6.34. The van der Waals surface area contributed by atoms with Gasteiger partial charge in [-0.05, 0) is 6.42 Å². The molecule has 0 heterocycles. The van der Waals surface area contributed by atoms with E-state index >= 15 is 0 Å². The molecule has 0 unspecified atom stereocenters. The first kappa shape index (κ1) is 11.9. The van der Waals surface area contributed by atoms with Crippen LogP contribution in [0.2, 0.25) is 0 Å². The number of rotatable bonds is 3. The monoisotopic (exact) mass is 145 g/mol. The Morgan fingerprint density at radius 3 is 2.20 bits per heavy atom. The van der Waals surface area contributed by atoms with Crippen molar-refractivity contribution in [2.75, 3.05) is 6.54 Å². The standard InChI is InChI=1S/C4H8O2.C3H7N/c1-2-3-4(5)6;1-2-3-4/h2-3H2,1H3,(H,5,6);2H,1,3-4H2.